The van der Waals surface area contributed by atoms with Crippen LogP contribution in [0.25, 0.3) is 0 Å². The van der Waals surface area contributed by atoms with Crippen molar-refractivity contribution in [1.82, 2.24) is 0 Å². The number of hydrogen-bond donors (Lipinski definition) is 1. The lowest BCUT2D eigenvalue weighted by Gasteiger charge is -2.17. The fourth-order valence-electron chi connectivity index (χ4n) is 1.09. The van der Waals surface area contributed by atoms with Gasteiger partial charge < -0.3 is 10.1 Å². The summed E-state index contributed by atoms with van der Waals surface area (Å²) in [5, 5.41) is 2.62. The highest BCUT2D eigenvalue weighted by Crippen LogP contribution is 2.29. The van der Waals surface area contributed by atoms with E-state index in [-0.39, 0.29) is 5.69 Å². The van der Waals surface area contributed by atoms with Crippen molar-refractivity contribution in [3.63, 3.8) is 0 Å². The highest BCUT2D eigenvalue weighted by atomic mass is 19.3. The van der Waals surface area contributed by atoms with Crippen molar-refractivity contribution in [1.29, 1.82) is 0 Å². The van der Waals surface area contributed by atoms with Gasteiger partial charge in [-0.05, 0) is 19.1 Å². The number of halogens is 5. The van der Waals surface area contributed by atoms with E-state index in [2.05, 4.69) is 10.1 Å². The van der Waals surface area contributed by atoms with E-state index in [1.807, 2.05) is 0 Å². The van der Waals surface area contributed by atoms with Crippen molar-refractivity contribution in [2.75, 3.05) is 11.9 Å². The Morgan fingerprint density at radius 2 is 2.00 bits per heavy atom. The molecule has 0 aromatic heterocycles. The number of benzene rings is 1. The Morgan fingerprint density at radius 3 is 2.47 bits per heavy atom. The number of anilines is 1. The minimum atomic E-state index is -4.63. The fraction of sp³-hybridized carbons (Fsp3) is 0.400. The zero-order valence-corrected chi connectivity index (χ0v) is 8.81. The van der Waals surface area contributed by atoms with E-state index in [1.54, 1.807) is 6.92 Å². The van der Waals surface area contributed by atoms with E-state index in [1.165, 1.54) is 0 Å². The van der Waals surface area contributed by atoms with E-state index < -0.39 is 24.1 Å². The van der Waals surface area contributed by atoms with Gasteiger partial charge in [0.2, 0.25) is 0 Å². The van der Waals surface area contributed by atoms with Crippen LogP contribution in [0.5, 0.6) is 5.75 Å². The summed E-state index contributed by atoms with van der Waals surface area (Å²) >= 11 is 0. The molecule has 7 heteroatoms. The number of ether oxygens (including phenoxy) is 1. The molecule has 17 heavy (non-hydrogen) atoms. The number of rotatable bonds is 5. The molecular formula is C10H10F5NO. The van der Waals surface area contributed by atoms with Crippen molar-refractivity contribution in [3.05, 3.63) is 24.0 Å². The number of alkyl halides is 4. The summed E-state index contributed by atoms with van der Waals surface area (Å²) in [6.45, 7) is 2.15. The average molecular weight is 255 g/mol. The maximum atomic E-state index is 13.2. The van der Waals surface area contributed by atoms with Crippen LogP contribution in [0, 0.1) is 5.82 Å². The van der Waals surface area contributed by atoms with Gasteiger partial charge >= 0.3 is 12.5 Å². The van der Waals surface area contributed by atoms with Crippen LogP contribution in [-0.4, -0.2) is 19.1 Å². The summed E-state index contributed by atoms with van der Waals surface area (Å²) in [5.41, 5.74) is 0.0835. The van der Waals surface area contributed by atoms with Gasteiger partial charge in [-0.25, -0.2) is 4.39 Å². The first-order chi connectivity index (χ1) is 7.86. The van der Waals surface area contributed by atoms with Gasteiger partial charge in [0.05, 0.1) is 5.69 Å². The molecule has 0 amide bonds. The molecule has 2 nitrogen and oxygen atoms in total. The molecular weight excluding hydrogens is 245 g/mol. The molecule has 0 atom stereocenters. The molecule has 0 bridgehead atoms. The molecule has 0 saturated heterocycles. The van der Waals surface area contributed by atoms with E-state index in [0.717, 1.165) is 12.1 Å². The standard InChI is InChI=1S/C10H10F5NO/c1-2-16-8-4-3-6(5-7(8)11)17-10(14,15)9(12)13/h3-5,9,16H,2H2,1H3. The third kappa shape index (κ3) is 3.47. The summed E-state index contributed by atoms with van der Waals surface area (Å²) in [6, 6.07) is 2.74. The van der Waals surface area contributed by atoms with Gasteiger partial charge in [0.25, 0.3) is 0 Å². The van der Waals surface area contributed by atoms with Gasteiger partial charge in [-0.3, -0.25) is 0 Å². The van der Waals surface area contributed by atoms with Crippen molar-refractivity contribution < 1.29 is 26.7 Å². The predicted molar refractivity (Wildman–Crippen MR) is 52.1 cm³/mol. The Bertz CT molecular complexity index is 383. The second-order valence-corrected chi connectivity index (χ2v) is 3.14. The van der Waals surface area contributed by atoms with E-state index >= 15 is 0 Å². The van der Waals surface area contributed by atoms with Gasteiger partial charge in [-0.15, -0.1) is 0 Å². The maximum absolute atomic E-state index is 13.2. The molecule has 0 aliphatic heterocycles. The van der Waals surface area contributed by atoms with Crippen LogP contribution in [0.4, 0.5) is 27.6 Å². The molecule has 0 unspecified atom stereocenters. The Morgan fingerprint density at radius 1 is 1.35 bits per heavy atom. The van der Waals surface area contributed by atoms with Crippen molar-refractivity contribution in [2.45, 2.75) is 19.5 Å². The topological polar surface area (TPSA) is 21.3 Å². The minimum absolute atomic E-state index is 0.0835. The summed E-state index contributed by atoms with van der Waals surface area (Å²) in [4.78, 5) is 0. The zero-order valence-electron chi connectivity index (χ0n) is 8.81. The smallest absolute Gasteiger partial charge is 0.428 e. The lowest BCUT2D eigenvalue weighted by molar-refractivity contribution is -0.253. The van der Waals surface area contributed by atoms with Gasteiger partial charge in [0.1, 0.15) is 11.6 Å². The normalized spacial score (nSPS) is 11.7. The van der Waals surface area contributed by atoms with Crippen molar-refractivity contribution in [3.8, 4) is 5.75 Å². The minimum Gasteiger partial charge on any atom is -0.428 e. The average Bonchev–Trinajstić information content (AvgIpc) is 2.21. The fourth-order valence-corrected chi connectivity index (χ4v) is 1.09. The van der Waals surface area contributed by atoms with Gasteiger partial charge in [0, 0.05) is 12.6 Å². The molecule has 0 spiro atoms. The van der Waals surface area contributed by atoms with Crippen LogP contribution in [0.15, 0.2) is 18.2 Å². The van der Waals surface area contributed by atoms with E-state index in [9.17, 15) is 22.0 Å². The molecule has 0 radical (unpaired) electrons. The molecule has 0 heterocycles. The summed E-state index contributed by atoms with van der Waals surface area (Å²) < 4.78 is 65.6. The summed E-state index contributed by atoms with van der Waals surface area (Å²) in [6.07, 6.45) is -8.61. The van der Waals surface area contributed by atoms with Gasteiger partial charge in [-0.2, -0.15) is 17.6 Å². The van der Waals surface area contributed by atoms with Crippen LogP contribution < -0.4 is 10.1 Å². The Balaban J connectivity index is 2.84. The first kappa shape index (κ1) is 13.5. The van der Waals surface area contributed by atoms with Gasteiger partial charge in [0.15, 0.2) is 0 Å². The first-order valence-electron chi connectivity index (χ1n) is 4.75. The Kier molecular flexibility index (Phi) is 4.14. The molecule has 0 aliphatic rings. The molecule has 1 N–H and O–H groups in total. The monoisotopic (exact) mass is 255 g/mol. The molecule has 1 aromatic carbocycles. The second kappa shape index (κ2) is 5.20. The van der Waals surface area contributed by atoms with Gasteiger partial charge in [-0.1, -0.05) is 0 Å². The van der Waals surface area contributed by atoms with Crippen LogP contribution >= 0.6 is 0 Å². The zero-order chi connectivity index (χ0) is 13.1. The largest absolute Gasteiger partial charge is 0.461 e. The number of nitrogens with one attached hydrogen (secondary N) is 1. The Labute approximate surface area is 94.4 Å². The SMILES string of the molecule is CCNc1ccc(OC(F)(F)C(F)F)cc1F. The highest BCUT2D eigenvalue weighted by Gasteiger charge is 2.44. The van der Waals surface area contributed by atoms with Crippen LogP contribution in [0.1, 0.15) is 6.92 Å². The quantitative estimate of drug-likeness (QED) is 0.813. The molecule has 0 fully saturated rings. The summed E-state index contributed by atoms with van der Waals surface area (Å²) in [5.74, 6) is -1.51. The second-order valence-electron chi connectivity index (χ2n) is 3.14. The molecule has 1 aromatic rings. The first-order valence-corrected chi connectivity index (χ1v) is 4.75. The molecule has 96 valence electrons. The predicted octanol–water partition coefficient (Wildman–Crippen LogP) is 3.49. The number of hydrogen-bond acceptors (Lipinski definition) is 2. The van der Waals surface area contributed by atoms with Crippen molar-refractivity contribution >= 4 is 5.69 Å². The van der Waals surface area contributed by atoms with E-state index in [0.29, 0.717) is 12.6 Å². The lowest BCUT2D eigenvalue weighted by Crippen LogP contribution is -2.33. The third-order valence-electron chi connectivity index (χ3n) is 1.82. The molecule has 0 saturated carbocycles. The van der Waals surface area contributed by atoms with E-state index in [4.69, 9.17) is 0 Å². The summed E-state index contributed by atoms with van der Waals surface area (Å²) in [7, 11) is 0. The van der Waals surface area contributed by atoms with Crippen LogP contribution in [-0.2, 0) is 0 Å². The molecule has 0 aliphatic carbocycles. The highest BCUT2D eigenvalue weighted by molar-refractivity contribution is 5.47. The lowest BCUT2D eigenvalue weighted by atomic mass is 10.3. The molecule has 1 rings (SSSR count). The Hall–Kier alpha value is -1.53. The third-order valence-corrected chi connectivity index (χ3v) is 1.82. The van der Waals surface area contributed by atoms with Crippen LogP contribution in [0.2, 0.25) is 0 Å². The van der Waals surface area contributed by atoms with Crippen LogP contribution in [0.3, 0.4) is 0 Å². The van der Waals surface area contributed by atoms with Crippen molar-refractivity contribution in [2.24, 2.45) is 0 Å². The maximum Gasteiger partial charge on any atom is 0.461 e.